The van der Waals surface area contributed by atoms with Crippen molar-refractivity contribution in [2.24, 2.45) is 0 Å². The SMILES string of the molecule is CC(=O)CCCCC(=O)OC(C)C. The molecule has 3 nitrogen and oxygen atoms in total. The Labute approximate surface area is 79.5 Å². The lowest BCUT2D eigenvalue weighted by molar-refractivity contribution is -0.147. The molecule has 0 N–H and O–H groups in total. The van der Waals surface area contributed by atoms with Gasteiger partial charge in [-0.1, -0.05) is 0 Å². The van der Waals surface area contributed by atoms with Crippen LogP contribution in [0, 0.1) is 0 Å². The van der Waals surface area contributed by atoms with Gasteiger partial charge in [0.15, 0.2) is 0 Å². The quantitative estimate of drug-likeness (QED) is 0.471. The van der Waals surface area contributed by atoms with E-state index in [-0.39, 0.29) is 17.9 Å². The molecule has 0 saturated carbocycles. The third-order valence-corrected chi connectivity index (χ3v) is 1.53. The van der Waals surface area contributed by atoms with Gasteiger partial charge in [0.2, 0.25) is 0 Å². The van der Waals surface area contributed by atoms with Gasteiger partial charge in [-0.2, -0.15) is 0 Å². The zero-order valence-electron chi connectivity index (χ0n) is 8.63. The van der Waals surface area contributed by atoms with Crippen molar-refractivity contribution in [1.82, 2.24) is 0 Å². The van der Waals surface area contributed by atoms with Crippen LogP contribution in [0.3, 0.4) is 0 Å². The molecular formula is C10H18O3. The summed E-state index contributed by atoms with van der Waals surface area (Å²) in [7, 11) is 0. The van der Waals surface area contributed by atoms with Crippen molar-refractivity contribution in [2.45, 2.75) is 52.6 Å². The fourth-order valence-corrected chi connectivity index (χ4v) is 0.965. The van der Waals surface area contributed by atoms with E-state index in [4.69, 9.17) is 4.74 Å². The summed E-state index contributed by atoms with van der Waals surface area (Å²) in [4.78, 5) is 21.5. The lowest BCUT2D eigenvalue weighted by Gasteiger charge is -2.06. The number of hydrogen-bond acceptors (Lipinski definition) is 3. The van der Waals surface area contributed by atoms with Crippen LogP contribution in [-0.4, -0.2) is 17.9 Å². The number of ketones is 1. The maximum Gasteiger partial charge on any atom is 0.306 e. The molecule has 0 fully saturated rings. The second-order valence-corrected chi connectivity index (χ2v) is 3.45. The number of unbranched alkanes of at least 4 members (excludes halogenated alkanes) is 1. The lowest BCUT2D eigenvalue weighted by Crippen LogP contribution is -2.10. The normalized spacial score (nSPS) is 10.2. The van der Waals surface area contributed by atoms with Gasteiger partial charge in [-0.3, -0.25) is 4.79 Å². The molecule has 76 valence electrons. The van der Waals surface area contributed by atoms with Crippen molar-refractivity contribution in [2.75, 3.05) is 0 Å². The molecule has 0 amide bonds. The second-order valence-electron chi connectivity index (χ2n) is 3.45. The maximum absolute atomic E-state index is 11.0. The van der Waals surface area contributed by atoms with Gasteiger partial charge in [-0.15, -0.1) is 0 Å². The number of ether oxygens (including phenoxy) is 1. The van der Waals surface area contributed by atoms with Crippen molar-refractivity contribution in [3.8, 4) is 0 Å². The molecule has 0 saturated heterocycles. The Morgan fingerprint density at radius 1 is 1.15 bits per heavy atom. The summed E-state index contributed by atoms with van der Waals surface area (Å²) in [6, 6.07) is 0. The van der Waals surface area contributed by atoms with Crippen LogP contribution in [0.25, 0.3) is 0 Å². The van der Waals surface area contributed by atoms with E-state index in [1.165, 1.54) is 0 Å². The van der Waals surface area contributed by atoms with Gasteiger partial charge in [0, 0.05) is 12.8 Å². The molecule has 0 bridgehead atoms. The Morgan fingerprint density at radius 2 is 1.69 bits per heavy atom. The van der Waals surface area contributed by atoms with Crippen molar-refractivity contribution < 1.29 is 14.3 Å². The number of carbonyl (C=O) groups is 2. The topological polar surface area (TPSA) is 43.4 Å². The van der Waals surface area contributed by atoms with Gasteiger partial charge < -0.3 is 9.53 Å². The maximum atomic E-state index is 11.0. The highest BCUT2D eigenvalue weighted by atomic mass is 16.5. The van der Waals surface area contributed by atoms with Crippen LogP contribution in [-0.2, 0) is 14.3 Å². The summed E-state index contributed by atoms with van der Waals surface area (Å²) in [5.41, 5.74) is 0. The van der Waals surface area contributed by atoms with E-state index in [1.807, 2.05) is 13.8 Å². The van der Waals surface area contributed by atoms with E-state index in [1.54, 1.807) is 6.92 Å². The van der Waals surface area contributed by atoms with E-state index in [0.717, 1.165) is 12.8 Å². The van der Waals surface area contributed by atoms with Crippen LogP contribution in [0.5, 0.6) is 0 Å². The monoisotopic (exact) mass is 186 g/mol. The molecule has 13 heavy (non-hydrogen) atoms. The molecule has 0 aromatic rings. The van der Waals surface area contributed by atoms with Crippen LogP contribution in [0.2, 0.25) is 0 Å². The van der Waals surface area contributed by atoms with E-state index in [0.29, 0.717) is 12.8 Å². The molecule has 0 rings (SSSR count). The molecule has 0 heterocycles. The van der Waals surface area contributed by atoms with Gasteiger partial charge in [-0.05, 0) is 33.6 Å². The Balaban J connectivity index is 3.32. The number of esters is 1. The van der Waals surface area contributed by atoms with Crippen molar-refractivity contribution in [1.29, 1.82) is 0 Å². The van der Waals surface area contributed by atoms with Crippen LogP contribution in [0.4, 0.5) is 0 Å². The summed E-state index contributed by atoms with van der Waals surface area (Å²) in [6.45, 7) is 5.22. The summed E-state index contributed by atoms with van der Waals surface area (Å²) in [6.07, 6.45) is 2.47. The molecule has 3 heteroatoms. The third kappa shape index (κ3) is 9.05. The first-order valence-electron chi connectivity index (χ1n) is 4.71. The first-order chi connectivity index (χ1) is 6.02. The van der Waals surface area contributed by atoms with Crippen LogP contribution in [0.1, 0.15) is 46.5 Å². The predicted molar refractivity (Wildman–Crippen MR) is 50.4 cm³/mol. The van der Waals surface area contributed by atoms with Crippen LogP contribution >= 0.6 is 0 Å². The summed E-state index contributed by atoms with van der Waals surface area (Å²) < 4.78 is 4.93. The number of Topliss-reactive ketones (excluding diaryl/α,β-unsaturated/α-hetero) is 1. The summed E-state index contributed by atoms with van der Waals surface area (Å²) in [5.74, 6) is 0.00998. The Bertz CT molecular complexity index is 173. The molecule has 0 aromatic heterocycles. The summed E-state index contributed by atoms with van der Waals surface area (Å²) in [5, 5.41) is 0. The van der Waals surface area contributed by atoms with Gasteiger partial charge in [-0.25, -0.2) is 0 Å². The van der Waals surface area contributed by atoms with E-state index < -0.39 is 0 Å². The molecule has 0 aliphatic rings. The Hall–Kier alpha value is -0.860. The van der Waals surface area contributed by atoms with Gasteiger partial charge >= 0.3 is 5.97 Å². The van der Waals surface area contributed by atoms with Crippen LogP contribution in [0.15, 0.2) is 0 Å². The third-order valence-electron chi connectivity index (χ3n) is 1.53. The highest BCUT2D eigenvalue weighted by Gasteiger charge is 2.04. The van der Waals surface area contributed by atoms with E-state index >= 15 is 0 Å². The fraction of sp³-hybridized carbons (Fsp3) is 0.800. The van der Waals surface area contributed by atoms with Gasteiger partial charge in [0.1, 0.15) is 5.78 Å². The van der Waals surface area contributed by atoms with Crippen molar-refractivity contribution >= 4 is 11.8 Å². The molecule has 0 aromatic carbocycles. The molecule has 0 unspecified atom stereocenters. The first-order valence-corrected chi connectivity index (χ1v) is 4.71. The van der Waals surface area contributed by atoms with Crippen molar-refractivity contribution in [3.05, 3.63) is 0 Å². The highest BCUT2D eigenvalue weighted by Crippen LogP contribution is 2.03. The largest absolute Gasteiger partial charge is 0.463 e. The zero-order chi connectivity index (χ0) is 10.3. The minimum absolute atomic E-state index is 0.0414. The number of hydrogen-bond donors (Lipinski definition) is 0. The minimum atomic E-state index is -0.168. The lowest BCUT2D eigenvalue weighted by atomic mass is 10.1. The fourth-order valence-electron chi connectivity index (χ4n) is 0.965. The average Bonchev–Trinajstić information content (AvgIpc) is 1.96. The molecule has 0 radical (unpaired) electrons. The molecule has 0 atom stereocenters. The van der Waals surface area contributed by atoms with E-state index in [9.17, 15) is 9.59 Å². The molecule has 0 aliphatic carbocycles. The Morgan fingerprint density at radius 3 is 2.15 bits per heavy atom. The van der Waals surface area contributed by atoms with Gasteiger partial charge in [0.25, 0.3) is 0 Å². The first kappa shape index (κ1) is 12.1. The Kier molecular flexibility index (Phi) is 6.20. The average molecular weight is 186 g/mol. The highest BCUT2D eigenvalue weighted by molar-refractivity contribution is 5.75. The van der Waals surface area contributed by atoms with Crippen molar-refractivity contribution in [3.63, 3.8) is 0 Å². The number of carbonyl (C=O) groups excluding carboxylic acids is 2. The summed E-state index contributed by atoms with van der Waals surface area (Å²) >= 11 is 0. The number of rotatable bonds is 6. The van der Waals surface area contributed by atoms with Gasteiger partial charge in [0.05, 0.1) is 6.10 Å². The smallest absolute Gasteiger partial charge is 0.306 e. The second kappa shape index (κ2) is 6.63. The molecular weight excluding hydrogens is 168 g/mol. The standard InChI is InChI=1S/C10H18O3/c1-8(2)13-10(12)7-5-4-6-9(3)11/h8H,4-7H2,1-3H3. The zero-order valence-corrected chi connectivity index (χ0v) is 8.63. The van der Waals surface area contributed by atoms with Crippen LogP contribution < -0.4 is 0 Å². The minimum Gasteiger partial charge on any atom is -0.463 e. The predicted octanol–water partition coefficient (Wildman–Crippen LogP) is 2.09. The van der Waals surface area contributed by atoms with E-state index in [2.05, 4.69) is 0 Å². The molecule has 0 aliphatic heterocycles. The molecule has 0 spiro atoms.